The molecule has 0 aliphatic carbocycles. The van der Waals surface area contributed by atoms with Crippen LogP contribution in [0.5, 0.6) is 0 Å². The van der Waals surface area contributed by atoms with Gasteiger partial charge in [-0.1, -0.05) is 64.4 Å². The predicted octanol–water partition coefficient (Wildman–Crippen LogP) is -0.327. The van der Waals surface area contributed by atoms with E-state index in [0.29, 0.717) is 12.0 Å². The number of benzene rings is 1. The summed E-state index contributed by atoms with van der Waals surface area (Å²) in [6.45, 7) is 7.10. The third-order valence-electron chi connectivity index (χ3n) is 5.74. The molecular formula is C24H37N5O6. The van der Waals surface area contributed by atoms with Crippen LogP contribution in [0.4, 0.5) is 0 Å². The largest absolute Gasteiger partial charge is 0.480 e. The number of nitrogens with two attached hydrogens (primary N) is 2. The number of carboxylic acids is 1. The van der Waals surface area contributed by atoms with Crippen LogP contribution in [0.3, 0.4) is 0 Å². The van der Waals surface area contributed by atoms with Crippen molar-refractivity contribution in [1.82, 2.24) is 16.0 Å². The first-order valence-electron chi connectivity index (χ1n) is 11.6. The van der Waals surface area contributed by atoms with Gasteiger partial charge in [-0.25, -0.2) is 4.79 Å². The topological polar surface area (TPSA) is 194 Å². The van der Waals surface area contributed by atoms with Crippen LogP contribution in [-0.2, 0) is 30.4 Å². The van der Waals surface area contributed by atoms with Crippen molar-refractivity contribution in [1.29, 1.82) is 0 Å². The molecule has 8 N–H and O–H groups in total. The van der Waals surface area contributed by atoms with Crippen molar-refractivity contribution in [3.05, 3.63) is 35.9 Å². The molecule has 0 spiro atoms. The van der Waals surface area contributed by atoms with Crippen molar-refractivity contribution in [2.75, 3.05) is 0 Å². The number of primary amides is 1. The molecule has 5 unspecified atom stereocenters. The number of rotatable bonds is 14. The lowest BCUT2D eigenvalue weighted by atomic mass is 9.97. The molecule has 35 heavy (non-hydrogen) atoms. The maximum Gasteiger partial charge on any atom is 0.326 e. The van der Waals surface area contributed by atoms with Crippen molar-refractivity contribution < 1.29 is 29.1 Å². The van der Waals surface area contributed by atoms with Crippen LogP contribution in [0.25, 0.3) is 0 Å². The first-order valence-corrected chi connectivity index (χ1v) is 11.6. The van der Waals surface area contributed by atoms with Gasteiger partial charge < -0.3 is 32.5 Å². The van der Waals surface area contributed by atoms with Gasteiger partial charge in [0.25, 0.3) is 0 Å². The number of carbonyl (C=O) groups is 5. The first kappa shape index (κ1) is 29.6. The Kier molecular flexibility index (Phi) is 11.9. The number of hydrogen-bond donors (Lipinski definition) is 6. The van der Waals surface area contributed by atoms with E-state index in [0.717, 1.165) is 0 Å². The second-order valence-corrected chi connectivity index (χ2v) is 8.96. The quantitative estimate of drug-likeness (QED) is 0.205. The fourth-order valence-electron chi connectivity index (χ4n) is 3.29. The normalized spacial score (nSPS) is 15.3. The molecule has 5 atom stereocenters. The third-order valence-corrected chi connectivity index (χ3v) is 5.74. The molecule has 0 saturated heterocycles. The molecule has 0 aliphatic heterocycles. The van der Waals surface area contributed by atoms with Gasteiger partial charge in [0.05, 0.1) is 12.5 Å². The van der Waals surface area contributed by atoms with Crippen molar-refractivity contribution in [2.45, 2.75) is 71.1 Å². The molecular weight excluding hydrogens is 454 g/mol. The molecule has 11 heteroatoms. The zero-order valence-corrected chi connectivity index (χ0v) is 20.6. The number of amides is 4. The van der Waals surface area contributed by atoms with Gasteiger partial charge in [-0.3, -0.25) is 19.2 Å². The molecule has 194 valence electrons. The zero-order valence-electron chi connectivity index (χ0n) is 20.6. The van der Waals surface area contributed by atoms with Gasteiger partial charge >= 0.3 is 5.97 Å². The van der Waals surface area contributed by atoms with E-state index in [9.17, 15) is 29.1 Å². The molecule has 0 aromatic heterocycles. The monoisotopic (exact) mass is 491 g/mol. The summed E-state index contributed by atoms with van der Waals surface area (Å²) < 4.78 is 0. The Hall–Kier alpha value is -3.47. The lowest BCUT2D eigenvalue weighted by Crippen LogP contribution is -2.59. The molecule has 11 nitrogen and oxygen atoms in total. The average molecular weight is 492 g/mol. The average Bonchev–Trinajstić information content (AvgIpc) is 2.80. The van der Waals surface area contributed by atoms with Gasteiger partial charge in [0, 0.05) is 6.42 Å². The highest BCUT2D eigenvalue weighted by atomic mass is 16.4. The predicted molar refractivity (Wildman–Crippen MR) is 130 cm³/mol. The Bertz CT molecular complexity index is 892. The summed E-state index contributed by atoms with van der Waals surface area (Å²) in [5, 5.41) is 16.9. The summed E-state index contributed by atoms with van der Waals surface area (Å²) in [5.41, 5.74) is 11.9. The molecule has 0 fully saturated rings. The van der Waals surface area contributed by atoms with E-state index < -0.39 is 60.2 Å². The van der Waals surface area contributed by atoms with Gasteiger partial charge in [-0.05, 0) is 17.4 Å². The summed E-state index contributed by atoms with van der Waals surface area (Å²) in [7, 11) is 0. The molecule has 0 radical (unpaired) electrons. The summed E-state index contributed by atoms with van der Waals surface area (Å²) in [4.78, 5) is 61.6. The summed E-state index contributed by atoms with van der Waals surface area (Å²) in [6, 6.07) is 4.07. The second kappa shape index (κ2) is 14.1. The summed E-state index contributed by atoms with van der Waals surface area (Å²) >= 11 is 0. The Morgan fingerprint density at radius 3 is 1.94 bits per heavy atom. The van der Waals surface area contributed by atoms with E-state index in [4.69, 9.17) is 11.5 Å². The summed E-state index contributed by atoms with van der Waals surface area (Å²) in [6.07, 6.45) is 0.111. The summed E-state index contributed by atoms with van der Waals surface area (Å²) in [5.74, 6) is -4.76. The molecule has 1 aromatic rings. The van der Waals surface area contributed by atoms with Crippen molar-refractivity contribution in [3.63, 3.8) is 0 Å². The SMILES string of the molecule is CCC(C)C(N)C(=O)NC(C(=O)NC(CC(N)=O)C(=O)NC(Cc1ccccc1)C(=O)O)C(C)C. The number of aliphatic carboxylic acids is 1. The molecule has 0 aliphatic rings. The Balaban J connectivity index is 2.99. The highest BCUT2D eigenvalue weighted by molar-refractivity contribution is 5.96. The van der Waals surface area contributed by atoms with E-state index in [1.54, 1.807) is 44.2 Å². The van der Waals surface area contributed by atoms with E-state index >= 15 is 0 Å². The molecule has 1 rings (SSSR count). The Morgan fingerprint density at radius 1 is 0.886 bits per heavy atom. The van der Waals surface area contributed by atoms with Gasteiger partial charge in [-0.15, -0.1) is 0 Å². The minimum atomic E-state index is -1.43. The second-order valence-electron chi connectivity index (χ2n) is 8.96. The molecule has 0 heterocycles. The van der Waals surface area contributed by atoms with Crippen molar-refractivity contribution >= 4 is 29.6 Å². The highest BCUT2D eigenvalue weighted by Crippen LogP contribution is 2.09. The molecule has 0 bridgehead atoms. The fourth-order valence-corrected chi connectivity index (χ4v) is 3.29. The van der Waals surface area contributed by atoms with Crippen LogP contribution in [0.2, 0.25) is 0 Å². The standard InChI is InChI=1S/C24H37N5O6/c1-5-14(4)19(26)22(32)29-20(13(2)3)23(33)27-16(12-18(25)30)21(31)28-17(24(34)35)11-15-9-7-6-8-10-15/h6-10,13-14,16-17,19-20H,5,11-12,26H2,1-4H3,(H2,25,30)(H,27,33)(H,28,31)(H,29,32)(H,34,35). The van der Waals surface area contributed by atoms with E-state index in [1.165, 1.54) is 0 Å². The number of nitrogens with one attached hydrogen (secondary N) is 3. The molecule has 4 amide bonds. The number of carboxylic acid groups (broad SMARTS) is 1. The van der Waals surface area contributed by atoms with Crippen LogP contribution in [-0.4, -0.2) is 58.9 Å². The van der Waals surface area contributed by atoms with Crippen LogP contribution in [0.15, 0.2) is 30.3 Å². The van der Waals surface area contributed by atoms with Gasteiger partial charge in [0.2, 0.25) is 23.6 Å². The maximum absolute atomic E-state index is 13.0. The molecule has 1 aromatic carbocycles. The first-order chi connectivity index (χ1) is 16.4. The Morgan fingerprint density at radius 2 is 1.46 bits per heavy atom. The lowest BCUT2D eigenvalue weighted by molar-refractivity contribution is -0.142. The minimum Gasteiger partial charge on any atom is -0.480 e. The van der Waals surface area contributed by atoms with Gasteiger partial charge in [0.15, 0.2) is 0 Å². The zero-order chi connectivity index (χ0) is 26.7. The Labute approximate surface area is 205 Å². The van der Waals surface area contributed by atoms with Crippen LogP contribution in [0.1, 0.15) is 46.1 Å². The lowest BCUT2D eigenvalue weighted by Gasteiger charge is -2.27. The number of hydrogen-bond acceptors (Lipinski definition) is 6. The maximum atomic E-state index is 13.0. The smallest absolute Gasteiger partial charge is 0.326 e. The van der Waals surface area contributed by atoms with E-state index in [1.807, 2.05) is 13.8 Å². The third kappa shape index (κ3) is 9.73. The van der Waals surface area contributed by atoms with Crippen LogP contribution < -0.4 is 27.4 Å². The minimum absolute atomic E-state index is 0.00265. The van der Waals surface area contributed by atoms with Crippen molar-refractivity contribution in [2.24, 2.45) is 23.3 Å². The van der Waals surface area contributed by atoms with E-state index in [2.05, 4.69) is 16.0 Å². The van der Waals surface area contributed by atoms with Gasteiger partial charge in [-0.2, -0.15) is 0 Å². The van der Waals surface area contributed by atoms with Gasteiger partial charge in [0.1, 0.15) is 18.1 Å². The van der Waals surface area contributed by atoms with Crippen molar-refractivity contribution in [3.8, 4) is 0 Å². The van der Waals surface area contributed by atoms with Crippen LogP contribution >= 0.6 is 0 Å². The fraction of sp³-hybridized carbons (Fsp3) is 0.542. The number of carbonyl (C=O) groups excluding carboxylic acids is 4. The highest BCUT2D eigenvalue weighted by Gasteiger charge is 2.33. The van der Waals surface area contributed by atoms with E-state index in [-0.39, 0.29) is 18.3 Å². The van der Waals surface area contributed by atoms with Crippen LogP contribution in [0, 0.1) is 11.8 Å². The molecule has 0 saturated carbocycles.